The van der Waals surface area contributed by atoms with Crippen molar-refractivity contribution in [1.82, 2.24) is 20.8 Å². The molecule has 1 fully saturated rings. The average Bonchev–Trinajstić information content (AvgIpc) is 3.04. The Morgan fingerprint density at radius 1 is 1.36 bits per heavy atom. The molecule has 2 N–H and O–H groups in total. The van der Waals surface area contributed by atoms with E-state index >= 15 is 0 Å². The van der Waals surface area contributed by atoms with Gasteiger partial charge in [-0.25, -0.2) is 0 Å². The SMILES string of the molecule is O=C(CC1COCCN1)NCc1nnc(-c2ccccc2)s1. The summed E-state index contributed by atoms with van der Waals surface area (Å²) in [7, 11) is 0. The zero-order valence-electron chi connectivity index (χ0n) is 12.1. The average molecular weight is 318 g/mol. The molecule has 0 bridgehead atoms. The number of benzene rings is 1. The lowest BCUT2D eigenvalue weighted by atomic mass is 10.2. The van der Waals surface area contributed by atoms with Gasteiger partial charge in [-0.15, -0.1) is 10.2 Å². The number of nitrogens with zero attached hydrogens (tertiary/aromatic N) is 2. The van der Waals surface area contributed by atoms with Gasteiger partial charge in [0, 0.05) is 24.6 Å². The number of ether oxygens (including phenoxy) is 1. The molecule has 1 amide bonds. The van der Waals surface area contributed by atoms with E-state index in [0.717, 1.165) is 22.1 Å². The van der Waals surface area contributed by atoms with Crippen molar-refractivity contribution in [3.05, 3.63) is 35.3 Å². The quantitative estimate of drug-likeness (QED) is 0.866. The van der Waals surface area contributed by atoms with Crippen LogP contribution < -0.4 is 10.6 Å². The minimum atomic E-state index is -0.000499. The molecular formula is C15H18N4O2S. The molecule has 1 atom stereocenters. The standard InChI is InChI=1S/C15H18N4O2S/c20-13(8-12-10-21-7-6-16-12)17-9-14-18-19-15(22-14)11-4-2-1-3-5-11/h1-5,12,16H,6-10H2,(H,17,20). The monoisotopic (exact) mass is 318 g/mol. The van der Waals surface area contributed by atoms with Crippen molar-refractivity contribution in [2.24, 2.45) is 0 Å². The minimum absolute atomic E-state index is 0.000499. The maximum Gasteiger partial charge on any atom is 0.222 e. The number of nitrogens with one attached hydrogen (secondary N) is 2. The largest absolute Gasteiger partial charge is 0.378 e. The third-order valence-electron chi connectivity index (χ3n) is 3.35. The molecule has 1 aromatic carbocycles. The second-order valence-electron chi connectivity index (χ2n) is 5.07. The first-order valence-electron chi connectivity index (χ1n) is 7.27. The van der Waals surface area contributed by atoms with E-state index in [9.17, 15) is 4.79 Å². The Hall–Kier alpha value is -1.83. The first-order chi connectivity index (χ1) is 10.8. The highest BCUT2D eigenvalue weighted by Crippen LogP contribution is 2.22. The van der Waals surface area contributed by atoms with E-state index in [-0.39, 0.29) is 11.9 Å². The van der Waals surface area contributed by atoms with Crippen LogP contribution in [0.2, 0.25) is 0 Å². The highest BCUT2D eigenvalue weighted by Gasteiger charge is 2.17. The van der Waals surface area contributed by atoms with Crippen LogP contribution in [0.3, 0.4) is 0 Å². The van der Waals surface area contributed by atoms with Crippen LogP contribution in [-0.4, -0.2) is 41.9 Å². The topological polar surface area (TPSA) is 76.1 Å². The van der Waals surface area contributed by atoms with Crippen molar-refractivity contribution in [2.75, 3.05) is 19.8 Å². The van der Waals surface area contributed by atoms with Crippen molar-refractivity contribution >= 4 is 17.2 Å². The maximum absolute atomic E-state index is 11.9. The molecule has 2 heterocycles. The lowest BCUT2D eigenvalue weighted by molar-refractivity contribution is -0.122. The first-order valence-corrected chi connectivity index (χ1v) is 8.08. The van der Waals surface area contributed by atoms with Gasteiger partial charge < -0.3 is 15.4 Å². The second kappa shape index (κ2) is 7.44. The van der Waals surface area contributed by atoms with Gasteiger partial charge in [0.15, 0.2) is 0 Å². The summed E-state index contributed by atoms with van der Waals surface area (Å²) in [6.07, 6.45) is 0.421. The third-order valence-corrected chi connectivity index (χ3v) is 4.33. The third kappa shape index (κ3) is 4.09. The summed E-state index contributed by atoms with van der Waals surface area (Å²) in [4.78, 5) is 11.9. The number of aromatic nitrogens is 2. The van der Waals surface area contributed by atoms with Crippen LogP contribution >= 0.6 is 11.3 Å². The van der Waals surface area contributed by atoms with Gasteiger partial charge in [0.1, 0.15) is 10.0 Å². The van der Waals surface area contributed by atoms with E-state index in [1.807, 2.05) is 30.3 Å². The number of amides is 1. The van der Waals surface area contributed by atoms with Gasteiger partial charge in [0.25, 0.3) is 0 Å². The fourth-order valence-corrected chi connectivity index (χ4v) is 3.03. The molecule has 116 valence electrons. The van der Waals surface area contributed by atoms with Gasteiger partial charge in [-0.2, -0.15) is 0 Å². The van der Waals surface area contributed by atoms with E-state index in [2.05, 4.69) is 20.8 Å². The number of rotatable bonds is 5. The van der Waals surface area contributed by atoms with E-state index < -0.39 is 0 Å². The van der Waals surface area contributed by atoms with Crippen LogP contribution in [0.25, 0.3) is 10.6 Å². The smallest absolute Gasteiger partial charge is 0.222 e. The lowest BCUT2D eigenvalue weighted by Crippen LogP contribution is -2.44. The molecule has 0 aliphatic carbocycles. The Bertz CT molecular complexity index is 611. The van der Waals surface area contributed by atoms with Gasteiger partial charge in [-0.1, -0.05) is 41.7 Å². The Balaban J connectivity index is 1.49. The van der Waals surface area contributed by atoms with Gasteiger partial charge in [0.2, 0.25) is 5.91 Å². The Morgan fingerprint density at radius 2 is 2.23 bits per heavy atom. The summed E-state index contributed by atoms with van der Waals surface area (Å²) in [5.74, 6) is -0.000499. The Morgan fingerprint density at radius 3 is 3.00 bits per heavy atom. The van der Waals surface area contributed by atoms with E-state index in [4.69, 9.17) is 4.74 Å². The Kier molecular flexibility index (Phi) is 5.10. The number of carbonyl (C=O) groups excluding carboxylic acids is 1. The number of hydrogen-bond donors (Lipinski definition) is 2. The van der Waals surface area contributed by atoms with E-state index in [1.54, 1.807) is 0 Å². The normalized spacial score (nSPS) is 18.1. The van der Waals surface area contributed by atoms with Crippen molar-refractivity contribution in [2.45, 2.75) is 19.0 Å². The van der Waals surface area contributed by atoms with Crippen molar-refractivity contribution in [3.63, 3.8) is 0 Å². The van der Waals surface area contributed by atoms with Crippen LogP contribution in [0.5, 0.6) is 0 Å². The van der Waals surface area contributed by atoms with Gasteiger partial charge >= 0.3 is 0 Å². The summed E-state index contributed by atoms with van der Waals surface area (Å²) in [5, 5.41) is 16.1. The van der Waals surface area contributed by atoms with E-state index in [1.165, 1.54) is 11.3 Å². The molecule has 22 heavy (non-hydrogen) atoms. The highest BCUT2D eigenvalue weighted by atomic mass is 32.1. The number of hydrogen-bond acceptors (Lipinski definition) is 6. The predicted octanol–water partition coefficient (Wildman–Crippen LogP) is 1.20. The number of morpholine rings is 1. The molecule has 0 radical (unpaired) electrons. The summed E-state index contributed by atoms with van der Waals surface area (Å²) < 4.78 is 5.34. The molecular weight excluding hydrogens is 300 g/mol. The van der Waals surface area contributed by atoms with Crippen LogP contribution in [0, 0.1) is 0 Å². The molecule has 1 aromatic heterocycles. The fourth-order valence-electron chi connectivity index (χ4n) is 2.24. The summed E-state index contributed by atoms with van der Waals surface area (Å²) in [6, 6.07) is 10.0. The number of carbonyl (C=O) groups is 1. The fraction of sp³-hybridized carbons (Fsp3) is 0.400. The molecule has 1 unspecified atom stereocenters. The van der Waals surface area contributed by atoms with Crippen LogP contribution in [0.4, 0.5) is 0 Å². The van der Waals surface area contributed by atoms with Gasteiger partial charge in [-0.05, 0) is 0 Å². The zero-order valence-corrected chi connectivity index (χ0v) is 12.9. The van der Waals surface area contributed by atoms with Crippen molar-refractivity contribution in [1.29, 1.82) is 0 Å². The highest BCUT2D eigenvalue weighted by molar-refractivity contribution is 7.14. The van der Waals surface area contributed by atoms with Crippen LogP contribution in [0.15, 0.2) is 30.3 Å². The van der Waals surface area contributed by atoms with Crippen LogP contribution in [-0.2, 0) is 16.1 Å². The molecule has 1 aliphatic heterocycles. The predicted molar refractivity (Wildman–Crippen MR) is 84.4 cm³/mol. The molecule has 0 spiro atoms. The minimum Gasteiger partial charge on any atom is -0.378 e. The summed E-state index contributed by atoms with van der Waals surface area (Å²) in [5.41, 5.74) is 1.04. The zero-order chi connectivity index (χ0) is 15.2. The molecule has 0 saturated carbocycles. The first kappa shape index (κ1) is 15.1. The van der Waals surface area contributed by atoms with Gasteiger partial charge in [0.05, 0.1) is 19.8 Å². The second-order valence-corrected chi connectivity index (χ2v) is 6.14. The summed E-state index contributed by atoms with van der Waals surface area (Å²) in [6.45, 7) is 2.52. The van der Waals surface area contributed by atoms with Crippen molar-refractivity contribution in [3.8, 4) is 10.6 Å². The maximum atomic E-state index is 11.9. The molecule has 7 heteroatoms. The van der Waals surface area contributed by atoms with Gasteiger partial charge in [-0.3, -0.25) is 4.79 Å². The summed E-state index contributed by atoms with van der Waals surface area (Å²) >= 11 is 1.50. The molecule has 3 rings (SSSR count). The molecule has 2 aromatic rings. The molecule has 6 nitrogen and oxygen atoms in total. The molecule has 1 saturated heterocycles. The lowest BCUT2D eigenvalue weighted by Gasteiger charge is -2.23. The van der Waals surface area contributed by atoms with E-state index in [0.29, 0.717) is 26.2 Å². The Labute approximate surface area is 132 Å². The molecule has 1 aliphatic rings. The van der Waals surface area contributed by atoms with Crippen molar-refractivity contribution < 1.29 is 9.53 Å². The van der Waals surface area contributed by atoms with Crippen LogP contribution in [0.1, 0.15) is 11.4 Å².